The quantitative estimate of drug-likeness (QED) is 0.811. The van der Waals surface area contributed by atoms with Crippen molar-refractivity contribution in [1.29, 1.82) is 0 Å². The van der Waals surface area contributed by atoms with Crippen LogP contribution in [0.2, 0.25) is 0 Å². The molecule has 1 saturated heterocycles. The number of rotatable bonds is 6. The number of aliphatic carboxylic acids is 1. The molecular weight excluding hydrogens is 254 g/mol. The molecule has 1 fully saturated rings. The number of carboxylic acids is 1. The first-order chi connectivity index (χ1) is 9.69. The summed E-state index contributed by atoms with van der Waals surface area (Å²) >= 11 is 0. The van der Waals surface area contributed by atoms with Gasteiger partial charge in [0.2, 0.25) is 0 Å². The zero-order chi connectivity index (χ0) is 14.4. The predicted octanol–water partition coefficient (Wildman–Crippen LogP) is 2.55. The summed E-state index contributed by atoms with van der Waals surface area (Å²) in [6, 6.07) is 8.03. The fourth-order valence-corrected chi connectivity index (χ4v) is 2.49. The van der Waals surface area contributed by atoms with E-state index in [1.165, 1.54) is 5.56 Å². The van der Waals surface area contributed by atoms with Gasteiger partial charge >= 0.3 is 5.97 Å². The molecular formula is C16H21NO3. The topological polar surface area (TPSA) is 49.8 Å². The van der Waals surface area contributed by atoms with Gasteiger partial charge < -0.3 is 9.84 Å². The van der Waals surface area contributed by atoms with Gasteiger partial charge in [-0.05, 0) is 43.6 Å². The van der Waals surface area contributed by atoms with Crippen LogP contribution in [0, 0.1) is 5.92 Å². The lowest BCUT2D eigenvalue weighted by molar-refractivity contribution is -0.143. The number of carboxylic acid groups (broad SMARTS) is 1. The normalized spacial score (nSPS) is 16.8. The zero-order valence-corrected chi connectivity index (χ0v) is 11.6. The van der Waals surface area contributed by atoms with Gasteiger partial charge in [0.1, 0.15) is 12.4 Å². The lowest BCUT2D eigenvalue weighted by Gasteiger charge is -2.30. The van der Waals surface area contributed by atoms with Crippen molar-refractivity contribution in [3.8, 4) is 5.75 Å². The molecule has 1 aliphatic rings. The highest BCUT2D eigenvalue weighted by Crippen LogP contribution is 2.20. The van der Waals surface area contributed by atoms with Crippen LogP contribution in [-0.4, -0.2) is 35.7 Å². The third-order valence-electron chi connectivity index (χ3n) is 3.61. The Bertz CT molecular complexity index is 465. The fraction of sp³-hybridized carbons (Fsp3) is 0.438. The van der Waals surface area contributed by atoms with Gasteiger partial charge in [0.25, 0.3) is 0 Å². The third-order valence-corrected chi connectivity index (χ3v) is 3.61. The van der Waals surface area contributed by atoms with Crippen molar-refractivity contribution >= 4 is 5.97 Å². The van der Waals surface area contributed by atoms with Crippen molar-refractivity contribution in [3.05, 3.63) is 42.5 Å². The van der Waals surface area contributed by atoms with E-state index in [-0.39, 0.29) is 5.92 Å². The van der Waals surface area contributed by atoms with E-state index in [4.69, 9.17) is 9.84 Å². The minimum Gasteiger partial charge on any atom is -0.490 e. The molecule has 1 N–H and O–H groups in total. The highest BCUT2D eigenvalue weighted by Gasteiger charge is 2.24. The van der Waals surface area contributed by atoms with Crippen molar-refractivity contribution in [3.63, 3.8) is 0 Å². The Morgan fingerprint density at radius 3 is 2.85 bits per heavy atom. The largest absolute Gasteiger partial charge is 0.490 e. The number of carbonyl (C=O) groups is 1. The van der Waals surface area contributed by atoms with E-state index in [0.717, 1.165) is 38.2 Å². The average molecular weight is 275 g/mol. The minimum absolute atomic E-state index is 0.173. The first kappa shape index (κ1) is 14.6. The Labute approximate surface area is 119 Å². The summed E-state index contributed by atoms with van der Waals surface area (Å²) in [7, 11) is 0. The molecule has 1 aromatic rings. The average Bonchev–Trinajstić information content (AvgIpc) is 2.46. The maximum absolute atomic E-state index is 10.9. The Morgan fingerprint density at radius 2 is 2.20 bits per heavy atom. The number of likely N-dealkylation sites (tertiary alicyclic amines) is 1. The second kappa shape index (κ2) is 7.10. The van der Waals surface area contributed by atoms with Crippen LogP contribution in [0.4, 0.5) is 0 Å². The molecule has 0 spiro atoms. The van der Waals surface area contributed by atoms with Crippen molar-refractivity contribution in [1.82, 2.24) is 4.90 Å². The highest BCUT2D eigenvalue weighted by atomic mass is 16.5. The smallest absolute Gasteiger partial charge is 0.306 e. The molecule has 0 atom stereocenters. The van der Waals surface area contributed by atoms with E-state index < -0.39 is 5.97 Å². The van der Waals surface area contributed by atoms with Crippen LogP contribution in [0.25, 0.3) is 0 Å². The fourth-order valence-electron chi connectivity index (χ4n) is 2.49. The van der Waals surface area contributed by atoms with Gasteiger partial charge in [-0.1, -0.05) is 24.8 Å². The van der Waals surface area contributed by atoms with Crippen LogP contribution >= 0.6 is 0 Å². The molecule has 0 saturated carbocycles. The molecule has 20 heavy (non-hydrogen) atoms. The van der Waals surface area contributed by atoms with Gasteiger partial charge in [-0.3, -0.25) is 9.69 Å². The van der Waals surface area contributed by atoms with Crippen LogP contribution in [0.15, 0.2) is 36.9 Å². The Morgan fingerprint density at radius 1 is 1.45 bits per heavy atom. The lowest BCUT2D eigenvalue weighted by Crippen LogP contribution is -2.35. The maximum atomic E-state index is 10.9. The molecule has 0 radical (unpaired) electrons. The van der Waals surface area contributed by atoms with E-state index in [2.05, 4.69) is 17.5 Å². The van der Waals surface area contributed by atoms with Gasteiger partial charge in [-0.15, -0.1) is 0 Å². The second-order valence-corrected chi connectivity index (χ2v) is 5.14. The summed E-state index contributed by atoms with van der Waals surface area (Å²) in [6.07, 6.45) is 3.20. The van der Waals surface area contributed by atoms with Gasteiger partial charge in [-0.2, -0.15) is 0 Å². The summed E-state index contributed by atoms with van der Waals surface area (Å²) in [6.45, 7) is 6.67. The van der Waals surface area contributed by atoms with Crippen LogP contribution in [0.5, 0.6) is 5.75 Å². The van der Waals surface area contributed by atoms with Gasteiger partial charge in [0.05, 0.1) is 5.92 Å². The molecule has 2 rings (SSSR count). The monoisotopic (exact) mass is 275 g/mol. The van der Waals surface area contributed by atoms with Crippen molar-refractivity contribution in [2.24, 2.45) is 5.92 Å². The molecule has 0 bridgehead atoms. The maximum Gasteiger partial charge on any atom is 0.306 e. The van der Waals surface area contributed by atoms with E-state index in [9.17, 15) is 4.79 Å². The molecule has 1 aromatic carbocycles. The first-order valence-corrected chi connectivity index (χ1v) is 6.97. The van der Waals surface area contributed by atoms with Gasteiger partial charge in [0, 0.05) is 6.54 Å². The van der Waals surface area contributed by atoms with E-state index in [1.807, 2.05) is 18.2 Å². The number of hydrogen-bond donors (Lipinski definition) is 1. The summed E-state index contributed by atoms with van der Waals surface area (Å²) < 4.78 is 5.52. The molecule has 0 aromatic heterocycles. The van der Waals surface area contributed by atoms with Crippen molar-refractivity contribution in [2.45, 2.75) is 19.4 Å². The van der Waals surface area contributed by atoms with Crippen LogP contribution in [0.3, 0.4) is 0 Å². The molecule has 1 heterocycles. The molecule has 108 valence electrons. The van der Waals surface area contributed by atoms with E-state index in [0.29, 0.717) is 6.61 Å². The molecule has 4 heteroatoms. The number of ether oxygens (including phenoxy) is 1. The van der Waals surface area contributed by atoms with Gasteiger partial charge in [-0.25, -0.2) is 0 Å². The van der Waals surface area contributed by atoms with Crippen LogP contribution < -0.4 is 4.74 Å². The van der Waals surface area contributed by atoms with Crippen molar-refractivity contribution in [2.75, 3.05) is 19.7 Å². The Balaban J connectivity index is 1.87. The summed E-state index contributed by atoms with van der Waals surface area (Å²) in [5.74, 6) is 0.0146. The zero-order valence-electron chi connectivity index (χ0n) is 11.6. The van der Waals surface area contributed by atoms with Crippen LogP contribution in [0.1, 0.15) is 18.4 Å². The Kier molecular flexibility index (Phi) is 5.18. The summed E-state index contributed by atoms with van der Waals surface area (Å²) in [5, 5.41) is 8.99. The molecule has 0 aliphatic carbocycles. The molecule has 0 amide bonds. The van der Waals surface area contributed by atoms with Crippen LogP contribution in [-0.2, 0) is 11.3 Å². The lowest BCUT2D eigenvalue weighted by atomic mass is 9.97. The first-order valence-electron chi connectivity index (χ1n) is 6.97. The molecule has 1 aliphatic heterocycles. The third kappa shape index (κ3) is 4.10. The standard InChI is InChI=1S/C16H21NO3/c1-2-10-20-15-5-3-4-13(11-15)12-17-8-6-14(7-9-17)16(18)19/h2-5,11,14H,1,6-10,12H2,(H,18,19). The predicted molar refractivity (Wildman–Crippen MR) is 77.8 cm³/mol. The SMILES string of the molecule is C=CCOc1cccc(CN2CCC(C(=O)O)CC2)c1. The molecule has 0 unspecified atom stereocenters. The van der Waals surface area contributed by atoms with Crippen molar-refractivity contribution < 1.29 is 14.6 Å². The second-order valence-electron chi connectivity index (χ2n) is 5.14. The Hall–Kier alpha value is -1.81. The number of piperidine rings is 1. The van der Waals surface area contributed by atoms with Gasteiger partial charge in [0.15, 0.2) is 0 Å². The molecule has 4 nitrogen and oxygen atoms in total. The minimum atomic E-state index is -0.663. The van der Waals surface area contributed by atoms with E-state index >= 15 is 0 Å². The summed E-state index contributed by atoms with van der Waals surface area (Å²) in [4.78, 5) is 13.2. The number of hydrogen-bond acceptors (Lipinski definition) is 3. The van der Waals surface area contributed by atoms with E-state index in [1.54, 1.807) is 6.08 Å². The summed E-state index contributed by atoms with van der Waals surface area (Å²) in [5.41, 5.74) is 1.19. The number of nitrogens with zero attached hydrogens (tertiary/aromatic N) is 1. The highest BCUT2D eigenvalue weighted by molar-refractivity contribution is 5.70. The number of benzene rings is 1.